The van der Waals surface area contributed by atoms with Crippen molar-refractivity contribution >= 4 is 21.6 Å². The van der Waals surface area contributed by atoms with Crippen LogP contribution in [0.1, 0.15) is 38.3 Å². The van der Waals surface area contributed by atoms with Crippen molar-refractivity contribution in [2.24, 2.45) is 7.05 Å². The molecular weight excluding hydrogens is 412 g/mol. The van der Waals surface area contributed by atoms with Gasteiger partial charge in [-0.1, -0.05) is 0 Å². The topological polar surface area (TPSA) is 79.9 Å². The van der Waals surface area contributed by atoms with Gasteiger partial charge in [0.1, 0.15) is 10.5 Å². The molecule has 0 radical (unpaired) electrons. The first-order valence-corrected chi connectivity index (χ1v) is 11.3. The van der Waals surface area contributed by atoms with Crippen LogP contribution in [0.15, 0.2) is 24.7 Å². The van der Waals surface area contributed by atoms with Gasteiger partial charge >= 0.3 is 0 Å². The predicted molar refractivity (Wildman–Crippen MR) is 123 cm³/mol. The van der Waals surface area contributed by atoms with Gasteiger partial charge in [0.25, 0.3) is 0 Å². The third-order valence-corrected chi connectivity index (χ3v) is 6.34. The van der Waals surface area contributed by atoms with Gasteiger partial charge in [-0.05, 0) is 45.2 Å². The lowest BCUT2D eigenvalue weighted by Gasteiger charge is -2.09. The minimum Gasteiger partial charge on any atom is -0.477 e. The van der Waals surface area contributed by atoms with Crippen LogP contribution < -0.4 is 4.74 Å². The number of aromatic nitrogens is 6. The van der Waals surface area contributed by atoms with Gasteiger partial charge in [0.2, 0.25) is 11.7 Å². The molecule has 0 spiro atoms. The molecule has 9 heteroatoms. The zero-order chi connectivity index (χ0) is 22.0. The first-order chi connectivity index (χ1) is 15.0. The van der Waals surface area contributed by atoms with E-state index in [1.165, 1.54) is 0 Å². The highest BCUT2D eigenvalue weighted by molar-refractivity contribution is 7.22. The van der Waals surface area contributed by atoms with E-state index in [-0.39, 0.29) is 0 Å². The van der Waals surface area contributed by atoms with E-state index in [4.69, 9.17) is 24.5 Å². The molecule has 4 aromatic rings. The molecule has 31 heavy (non-hydrogen) atoms. The fourth-order valence-electron chi connectivity index (χ4n) is 3.40. The van der Waals surface area contributed by atoms with Gasteiger partial charge in [-0.25, -0.2) is 9.97 Å². The molecule has 0 aliphatic carbocycles. The molecule has 164 valence electrons. The average Bonchev–Trinajstić information content (AvgIpc) is 3.46. The molecule has 0 atom stereocenters. The average molecular weight is 441 g/mol. The van der Waals surface area contributed by atoms with Gasteiger partial charge in [0.15, 0.2) is 5.82 Å². The summed E-state index contributed by atoms with van der Waals surface area (Å²) in [7, 11) is 3.65. The maximum atomic E-state index is 6.16. The Morgan fingerprint density at radius 3 is 2.61 bits per heavy atom. The Labute approximate surface area is 185 Å². The fraction of sp³-hybridized carbons (Fsp3) is 0.455. The zero-order valence-electron chi connectivity index (χ0n) is 18.6. The number of unbranched alkanes of at least 4 members (excludes halogenated alkanes) is 1. The zero-order valence-corrected chi connectivity index (χ0v) is 19.4. The second-order valence-corrected chi connectivity index (χ2v) is 8.77. The normalized spacial score (nSPS) is 11.7. The molecule has 0 saturated heterocycles. The molecule has 0 amide bonds. The molecule has 0 aliphatic rings. The van der Waals surface area contributed by atoms with E-state index in [9.17, 15) is 0 Å². The second-order valence-electron chi connectivity index (χ2n) is 7.77. The lowest BCUT2D eigenvalue weighted by Crippen LogP contribution is -2.04. The van der Waals surface area contributed by atoms with Crippen molar-refractivity contribution in [2.45, 2.75) is 39.7 Å². The number of hydrogen-bond donors (Lipinski definition) is 0. The molecule has 0 bridgehead atoms. The van der Waals surface area contributed by atoms with Crippen molar-refractivity contribution in [3.8, 4) is 28.1 Å². The predicted octanol–water partition coefficient (Wildman–Crippen LogP) is 4.65. The number of imidazole rings is 1. The summed E-state index contributed by atoms with van der Waals surface area (Å²) in [4.78, 5) is 16.0. The summed E-state index contributed by atoms with van der Waals surface area (Å²) in [5, 5.41) is 5.70. The molecule has 4 aromatic heterocycles. The fourth-order valence-corrected chi connectivity index (χ4v) is 4.53. The Bertz CT molecular complexity index is 1180. The van der Waals surface area contributed by atoms with Crippen LogP contribution >= 0.6 is 11.3 Å². The number of hydrogen-bond acceptors (Lipinski definition) is 7. The van der Waals surface area contributed by atoms with Gasteiger partial charge in [-0.15, -0.1) is 11.3 Å². The highest BCUT2D eigenvalue weighted by Gasteiger charge is 2.21. The molecule has 4 heterocycles. The number of rotatable bonds is 9. The van der Waals surface area contributed by atoms with Crippen LogP contribution in [0.25, 0.3) is 32.4 Å². The van der Waals surface area contributed by atoms with Crippen LogP contribution in [-0.4, -0.2) is 49.6 Å². The first kappa shape index (κ1) is 21.5. The molecule has 0 aromatic carbocycles. The van der Waals surface area contributed by atoms with Crippen LogP contribution in [0.2, 0.25) is 0 Å². The summed E-state index contributed by atoms with van der Waals surface area (Å²) in [6.07, 6.45) is 7.49. The SMILES string of the molecule is COCCCCOc1nc(-c2nccn2C)nc2sc(-c3ccn(C(C)C)n3)c(C)c12. The van der Waals surface area contributed by atoms with Gasteiger partial charge in [0, 0.05) is 45.4 Å². The highest BCUT2D eigenvalue weighted by atomic mass is 32.1. The quantitative estimate of drug-likeness (QED) is 0.353. The summed E-state index contributed by atoms with van der Waals surface area (Å²) in [5.41, 5.74) is 2.03. The summed E-state index contributed by atoms with van der Waals surface area (Å²) < 4.78 is 15.2. The number of aryl methyl sites for hydroxylation is 2. The van der Waals surface area contributed by atoms with Crippen LogP contribution in [0.3, 0.4) is 0 Å². The largest absolute Gasteiger partial charge is 0.477 e. The van der Waals surface area contributed by atoms with Crippen LogP contribution in [-0.2, 0) is 11.8 Å². The minimum absolute atomic E-state index is 0.309. The van der Waals surface area contributed by atoms with Gasteiger partial charge in [-0.3, -0.25) is 4.68 Å². The van der Waals surface area contributed by atoms with Gasteiger partial charge in [-0.2, -0.15) is 10.1 Å². The molecule has 0 aliphatic heterocycles. The van der Waals surface area contributed by atoms with E-state index in [0.29, 0.717) is 30.2 Å². The molecule has 8 nitrogen and oxygen atoms in total. The summed E-state index contributed by atoms with van der Waals surface area (Å²) >= 11 is 1.62. The Hall–Kier alpha value is -2.78. The highest BCUT2D eigenvalue weighted by Crippen LogP contribution is 2.41. The second kappa shape index (κ2) is 9.15. The Kier molecular flexibility index (Phi) is 6.33. The van der Waals surface area contributed by atoms with Crippen LogP contribution in [0, 0.1) is 6.92 Å². The van der Waals surface area contributed by atoms with E-state index in [1.807, 2.05) is 28.7 Å². The van der Waals surface area contributed by atoms with E-state index < -0.39 is 0 Å². The lowest BCUT2D eigenvalue weighted by atomic mass is 10.2. The van der Waals surface area contributed by atoms with E-state index in [2.05, 4.69) is 31.8 Å². The smallest absolute Gasteiger partial charge is 0.226 e. The molecule has 0 unspecified atom stereocenters. The molecule has 0 N–H and O–H groups in total. The number of ether oxygens (including phenoxy) is 2. The van der Waals surface area contributed by atoms with E-state index in [1.54, 1.807) is 24.6 Å². The summed E-state index contributed by atoms with van der Waals surface area (Å²) in [6, 6.07) is 2.36. The van der Waals surface area contributed by atoms with E-state index >= 15 is 0 Å². The molecule has 0 fully saturated rings. The molecular formula is C22H28N6O2S. The number of thiophene rings is 1. The van der Waals surface area contributed by atoms with Crippen molar-refractivity contribution in [1.82, 2.24) is 29.3 Å². The molecule has 0 saturated carbocycles. The Morgan fingerprint density at radius 1 is 1.13 bits per heavy atom. The number of nitrogens with zero attached hydrogens (tertiary/aromatic N) is 6. The van der Waals surface area contributed by atoms with Crippen LogP contribution in [0.5, 0.6) is 5.88 Å². The maximum Gasteiger partial charge on any atom is 0.226 e. The number of fused-ring (bicyclic) bond motifs is 1. The summed E-state index contributed by atoms with van der Waals surface area (Å²) in [6.45, 7) is 7.62. The van der Waals surface area contributed by atoms with Crippen molar-refractivity contribution in [3.05, 3.63) is 30.2 Å². The maximum absolute atomic E-state index is 6.16. The Morgan fingerprint density at radius 2 is 1.94 bits per heavy atom. The molecule has 4 rings (SSSR count). The van der Waals surface area contributed by atoms with Crippen molar-refractivity contribution in [2.75, 3.05) is 20.3 Å². The van der Waals surface area contributed by atoms with Gasteiger partial charge in [0.05, 0.1) is 16.9 Å². The van der Waals surface area contributed by atoms with Crippen LogP contribution in [0.4, 0.5) is 0 Å². The standard InChI is InChI=1S/C22H28N6O2S/c1-14(2)28-10-8-16(26-28)18-15(3)17-21(30-13-7-6-12-29-5)24-19(25-22(17)31-18)20-23-9-11-27(20)4/h8-11,14H,6-7,12-13H2,1-5H3. The third-order valence-electron chi connectivity index (χ3n) is 5.13. The monoisotopic (exact) mass is 440 g/mol. The lowest BCUT2D eigenvalue weighted by molar-refractivity contribution is 0.183. The van der Waals surface area contributed by atoms with Crippen molar-refractivity contribution < 1.29 is 9.47 Å². The minimum atomic E-state index is 0.309. The first-order valence-electron chi connectivity index (χ1n) is 10.5. The number of methoxy groups -OCH3 is 1. The van der Waals surface area contributed by atoms with Crippen molar-refractivity contribution in [1.29, 1.82) is 0 Å². The Balaban J connectivity index is 1.77. The van der Waals surface area contributed by atoms with Gasteiger partial charge < -0.3 is 14.0 Å². The van der Waals surface area contributed by atoms with Crippen molar-refractivity contribution in [3.63, 3.8) is 0 Å². The third kappa shape index (κ3) is 4.33. The summed E-state index contributed by atoms with van der Waals surface area (Å²) in [5.74, 6) is 1.87. The van der Waals surface area contributed by atoms with E-state index in [0.717, 1.165) is 45.8 Å².